The molecule has 0 aliphatic rings. The summed E-state index contributed by atoms with van der Waals surface area (Å²) in [5.74, 6) is 0.624. The van der Waals surface area contributed by atoms with Crippen molar-refractivity contribution in [1.29, 1.82) is 0 Å². The molecule has 128 valence electrons. The zero-order valence-corrected chi connectivity index (χ0v) is 14.1. The van der Waals surface area contributed by atoms with Gasteiger partial charge in [0.05, 0.1) is 19.6 Å². The summed E-state index contributed by atoms with van der Waals surface area (Å²) >= 11 is 0. The minimum atomic E-state index is -0.744. The second kappa shape index (κ2) is 7.81. The normalized spacial score (nSPS) is 11.9. The summed E-state index contributed by atoms with van der Waals surface area (Å²) in [5.41, 5.74) is 1.70. The summed E-state index contributed by atoms with van der Waals surface area (Å²) in [7, 11) is 1.60. The Kier molecular flexibility index (Phi) is 5.31. The van der Waals surface area contributed by atoms with Crippen LogP contribution in [0.15, 0.2) is 66.7 Å². The third-order valence-electron chi connectivity index (χ3n) is 4.17. The fourth-order valence-corrected chi connectivity index (χ4v) is 2.75. The number of fused-ring (bicyclic) bond motifs is 1. The number of amides is 1. The lowest BCUT2D eigenvalue weighted by molar-refractivity contribution is -0.120. The SMILES string of the molecule is COc1ccc(C(O)CNC(=O)Cc2ccc3ccccc3c2)cc1. The fraction of sp³-hybridized carbons (Fsp3) is 0.190. The predicted molar refractivity (Wildman–Crippen MR) is 98.6 cm³/mol. The predicted octanol–water partition coefficient (Wildman–Crippen LogP) is 3.24. The van der Waals surface area contributed by atoms with E-state index in [9.17, 15) is 9.90 Å². The molecule has 3 aromatic rings. The molecule has 0 heterocycles. The average Bonchev–Trinajstić information content (AvgIpc) is 2.66. The van der Waals surface area contributed by atoms with Gasteiger partial charge in [-0.05, 0) is 34.0 Å². The van der Waals surface area contributed by atoms with Crippen molar-refractivity contribution < 1.29 is 14.6 Å². The maximum absolute atomic E-state index is 12.1. The van der Waals surface area contributed by atoms with Crippen LogP contribution in [-0.4, -0.2) is 24.7 Å². The van der Waals surface area contributed by atoms with Crippen molar-refractivity contribution in [3.63, 3.8) is 0 Å². The third kappa shape index (κ3) is 4.37. The van der Waals surface area contributed by atoms with Crippen molar-refractivity contribution in [1.82, 2.24) is 5.32 Å². The van der Waals surface area contributed by atoms with Crippen LogP contribution in [0.4, 0.5) is 0 Å². The summed E-state index contributed by atoms with van der Waals surface area (Å²) < 4.78 is 5.09. The van der Waals surface area contributed by atoms with Crippen LogP contribution in [0.5, 0.6) is 5.75 Å². The summed E-state index contributed by atoms with van der Waals surface area (Å²) in [6, 6.07) is 21.2. The topological polar surface area (TPSA) is 58.6 Å². The molecule has 3 rings (SSSR count). The number of nitrogens with one attached hydrogen (secondary N) is 1. The fourth-order valence-electron chi connectivity index (χ4n) is 2.75. The molecule has 0 saturated heterocycles. The first-order valence-electron chi connectivity index (χ1n) is 8.22. The molecular weight excluding hydrogens is 314 g/mol. The van der Waals surface area contributed by atoms with Crippen molar-refractivity contribution in [3.8, 4) is 5.75 Å². The number of benzene rings is 3. The van der Waals surface area contributed by atoms with Gasteiger partial charge in [0.1, 0.15) is 5.75 Å². The van der Waals surface area contributed by atoms with Gasteiger partial charge in [-0.15, -0.1) is 0 Å². The van der Waals surface area contributed by atoms with Crippen LogP contribution in [0.3, 0.4) is 0 Å². The Bertz CT molecular complexity index is 858. The lowest BCUT2D eigenvalue weighted by Gasteiger charge is -2.13. The highest BCUT2D eigenvalue weighted by Gasteiger charge is 2.10. The van der Waals surface area contributed by atoms with Crippen molar-refractivity contribution >= 4 is 16.7 Å². The second-order valence-corrected chi connectivity index (χ2v) is 5.95. The van der Waals surface area contributed by atoms with E-state index in [4.69, 9.17) is 4.74 Å². The molecule has 3 aromatic carbocycles. The first-order valence-corrected chi connectivity index (χ1v) is 8.22. The van der Waals surface area contributed by atoms with E-state index in [1.165, 1.54) is 0 Å². The molecule has 4 heteroatoms. The van der Waals surface area contributed by atoms with E-state index in [1.54, 1.807) is 31.4 Å². The highest BCUT2D eigenvalue weighted by molar-refractivity contribution is 5.85. The maximum atomic E-state index is 12.1. The summed E-state index contributed by atoms with van der Waals surface area (Å²) in [4.78, 5) is 12.1. The van der Waals surface area contributed by atoms with Crippen molar-refractivity contribution in [2.45, 2.75) is 12.5 Å². The minimum absolute atomic E-state index is 0.108. The molecule has 0 fully saturated rings. The molecule has 1 unspecified atom stereocenters. The van der Waals surface area contributed by atoms with Crippen molar-refractivity contribution in [2.75, 3.05) is 13.7 Å². The number of aliphatic hydroxyl groups excluding tert-OH is 1. The van der Waals surface area contributed by atoms with Gasteiger partial charge in [-0.25, -0.2) is 0 Å². The van der Waals surface area contributed by atoms with E-state index >= 15 is 0 Å². The van der Waals surface area contributed by atoms with Gasteiger partial charge in [0.15, 0.2) is 0 Å². The van der Waals surface area contributed by atoms with Gasteiger partial charge in [0.2, 0.25) is 5.91 Å². The molecule has 0 aliphatic carbocycles. The lowest BCUT2D eigenvalue weighted by atomic mass is 10.0. The average molecular weight is 335 g/mol. The number of hydrogen-bond acceptors (Lipinski definition) is 3. The summed E-state index contributed by atoms with van der Waals surface area (Å²) in [6.07, 6.45) is -0.452. The second-order valence-electron chi connectivity index (χ2n) is 5.95. The van der Waals surface area contributed by atoms with Crippen LogP contribution in [0, 0.1) is 0 Å². The molecule has 0 bridgehead atoms. The number of methoxy groups -OCH3 is 1. The molecule has 0 aromatic heterocycles. The number of carbonyl (C=O) groups is 1. The molecule has 1 amide bonds. The summed E-state index contributed by atoms with van der Waals surface area (Å²) in [5, 5.41) is 15.2. The maximum Gasteiger partial charge on any atom is 0.224 e. The van der Waals surface area contributed by atoms with Crippen molar-refractivity contribution in [3.05, 3.63) is 77.9 Å². The van der Waals surface area contributed by atoms with Gasteiger partial charge in [0.25, 0.3) is 0 Å². The number of carbonyl (C=O) groups excluding carboxylic acids is 1. The van der Waals surface area contributed by atoms with Crippen LogP contribution in [0.25, 0.3) is 10.8 Å². The van der Waals surface area contributed by atoms with E-state index in [-0.39, 0.29) is 12.5 Å². The van der Waals surface area contributed by atoms with Crippen LogP contribution in [-0.2, 0) is 11.2 Å². The number of aliphatic hydroxyl groups is 1. The lowest BCUT2D eigenvalue weighted by Crippen LogP contribution is -2.29. The van der Waals surface area contributed by atoms with Gasteiger partial charge < -0.3 is 15.2 Å². The van der Waals surface area contributed by atoms with Crippen LogP contribution < -0.4 is 10.1 Å². The molecular formula is C21H21NO3. The quantitative estimate of drug-likeness (QED) is 0.727. The highest BCUT2D eigenvalue weighted by atomic mass is 16.5. The summed E-state index contributed by atoms with van der Waals surface area (Å²) in [6.45, 7) is 0.179. The van der Waals surface area contributed by atoms with Crippen LogP contribution in [0.2, 0.25) is 0 Å². The highest BCUT2D eigenvalue weighted by Crippen LogP contribution is 2.18. The molecule has 0 radical (unpaired) electrons. The van der Waals surface area contributed by atoms with Gasteiger partial charge in [-0.3, -0.25) is 4.79 Å². The van der Waals surface area contributed by atoms with Crippen LogP contribution in [0.1, 0.15) is 17.2 Å². The van der Waals surface area contributed by atoms with Gasteiger partial charge >= 0.3 is 0 Å². The van der Waals surface area contributed by atoms with Gasteiger partial charge in [-0.1, -0.05) is 54.6 Å². The van der Waals surface area contributed by atoms with E-state index in [2.05, 4.69) is 5.32 Å². The smallest absolute Gasteiger partial charge is 0.224 e. The first-order chi connectivity index (χ1) is 12.2. The zero-order chi connectivity index (χ0) is 17.6. The Balaban J connectivity index is 1.56. The minimum Gasteiger partial charge on any atom is -0.497 e. The molecule has 0 saturated carbocycles. The monoisotopic (exact) mass is 335 g/mol. The molecule has 0 aliphatic heterocycles. The van der Waals surface area contributed by atoms with Gasteiger partial charge in [-0.2, -0.15) is 0 Å². The zero-order valence-electron chi connectivity index (χ0n) is 14.1. The molecule has 0 spiro atoms. The Labute approximate surface area is 147 Å². The van der Waals surface area contributed by atoms with Crippen molar-refractivity contribution in [2.24, 2.45) is 0 Å². The molecule has 1 atom stereocenters. The Morgan fingerprint density at radius 1 is 1.04 bits per heavy atom. The van der Waals surface area contributed by atoms with E-state index in [0.717, 1.165) is 27.6 Å². The Morgan fingerprint density at radius 3 is 2.48 bits per heavy atom. The molecule has 2 N–H and O–H groups in total. The number of rotatable bonds is 6. The number of ether oxygens (including phenoxy) is 1. The largest absolute Gasteiger partial charge is 0.497 e. The van der Waals surface area contributed by atoms with E-state index < -0.39 is 6.10 Å². The Morgan fingerprint density at radius 2 is 1.76 bits per heavy atom. The third-order valence-corrected chi connectivity index (χ3v) is 4.17. The number of hydrogen-bond donors (Lipinski definition) is 2. The van der Waals surface area contributed by atoms with Crippen LogP contribution >= 0.6 is 0 Å². The molecule has 25 heavy (non-hydrogen) atoms. The first kappa shape index (κ1) is 17.0. The van der Waals surface area contributed by atoms with E-state index in [0.29, 0.717) is 6.42 Å². The van der Waals surface area contributed by atoms with Gasteiger partial charge in [0, 0.05) is 6.54 Å². The Hall–Kier alpha value is -2.85. The van der Waals surface area contributed by atoms with E-state index in [1.807, 2.05) is 42.5 Å². The molecule has 4 nitrogen and oxygen atoms in total. The standard InChI is InChI=1S/C21H21NO3/c1-25-19-10-8-17(9-11-19)20(23)14-22-21(24)13-15-6-7-16-4-2-3-5-18(16)12-15/h2-12,20,23H,13-14H2,1H3,(H,22,24).